The fraction of sp³-hybridized carbons (Fsp3) is 0.312. The number of para-hydroxylation sites is 1. The molecule has 0 saturated carbocycles. The molecule has 0 spiro atoms. The summed E-state index contributed by atoms with van der Waals surface area (Å²) in [6.07, 6.45) is 0.482. The van der Waals surface area contributed by atoms with E-state index in [2.05, 4.69) is 4.98 Å². The lowest BCUT2D eigenvalue weighted by Gasteiger charge is -2.11. The van der Waals surface area contributed by atoms with Crippen LogP contribution in [0, 0.1) is 0 Å². The Balaban J connectivity index is 2.62. The standard InChI is InChI=1S/C16H17NO5/c1-3-21-15(19)11(9-18)13-10-7-5-6-8-12(10)17-14(13)16(20)22-4-2/h5-9,11,17H,3-4H2,1-2H3. The monoisotopic (exact) mass is 303 g/mol. The van der Waals surface area contributed by atoms with E-state index >= 15 is 0 Å². The summed E-state index contributed by atoms with van der Waals surface area (Å²) < 4.78 is 9.92. The molecule has 1 N–H and O–H groups in total. The Kier molecular flexibility index (Phi) is 4.93. The maximum absolute atomic E-state index is 12.1. The summed E-state index contributed by atoms with van der Waals surface area (Å²) in [6, 6.07) is 7.05. The van der Waals surface area contributed by atoms with Crippen molar-refractivity contribution in [2.24, 2.45) is 0 Å². The largest absolute Gasteiger partial charge is 0.465 e. The van der Waals surface area contributed by atoms with Gasteiger partial charge in [0.25, 0.3) is 0 Å². The van der Waals surface area contributed by atoms with Crippen molar-refractivity contribution in [2.75, 3.05) is 13.2 Å². The maximum Gasteiger partial charge on any atom is 0.355 e. The van der Waals surface area contributed by atoms with Crippen molar-refractivity contribution in [1.82, 2.24) is 4.98 Å². The molecule has 6 heteroatoms. The SMILES string of the molecule is CCOC(=O)c1[nH]c2ccccc2c1C(C=O)C(=O)OCC. The number of carbonyl (C=O) groups is 3. The number of aldehydes is 1. The third kappa shape index (κ3) is 2.86. The van der Waals surface area contributed by atoms with Crippen molar-refractivity contribution in [1.29, 1.82) is 0 Å². The van der Waals surface area contributed by atoms with Gasteiger partial charge in [-0.15, -0.1) is 0 Å². The number of hydrogen-bond donors (Lipinski definition) is 1. The molecule has 1 heterocycles. The minimum Gasteiger partial charge on any atom is -0.465 e. The highest BCUT2D eigenvalue weighted by Gasteiger charge is 2.30. The van der Waals surface area contributed by atoms with Crippen LogP contribution < -0.4 is 0 Å². The molecule has 0 amide bonds. The van der Waals surface area contributed by atoms with Crippen LogP contribution in [-0.2, 0) is 19.1 Å². The smallest absolute Gasteiger partial charge is 0.355 e. The molecule has 2 rings (SSSR count). The summed E-state index contributed by atoms with van der Waals surface area (Å²) in [5, 5.41) is 0.621. The third-order valence-corrected chi connectivity index (χ3v) is 3.21. The number of esters is 2. The second-order valence-electron chi connectivity index (χ2n) is 4.55. The van der Waals surface area contributed by atoms with Crippen molar-refractivity contribution in [3.63, 3.8) is 0 Å². The first-order valence-corrected chi connectivity index (χ1v) is 7.03. The van der Waals surface area contributed by atoms with Gasteiger partial charge in [0.05, 0.1) is 13.2 Å². The lowest BCUT2D eigenvalue weighted by molar-refractivity contribution is -0.145. The number of H-pyrrole nitrogens is 1. The molecular weight excluding hydrogens is 286 g/mol. The number of aromatic amines is 1. The molecule has 0 bridgehead atoms. The van der Waals surface area contributed by atoms with E-state index in [0.717, 1.165) is 0 Å². The molecule has 0 saturated heterocycles. The van der Waals surface area contributed by atoms with Crippen molar-refractivity contribution in [3.05, 3.63) is 35.5 Å². The van der Waals surface area contributed by atoms with Crippen LogP contribution in [0.2, 0.25) is 0 Å². The molecule has 0 aliphatic rings. The molecule has 1 aromatic heterocycles. The summed E-state index contributed by atoms with van der Waals surface area (Å²) in [7, 11) is 0. The second-order valence-corrected chi connectivity index (χ2v) is 4.55. The highest BCUT2D eigenvalue weighted by molar-refractivity contribution is 6.06. The van der Waals surface area contributed by atoms with E-state index in [1.54, 1.807) is 38.1 Å². The van der Waals surface area contributed by atoms with Gasteiger partial charge in [-0.05, 0) is 19.9 Å². The molecule has 116 valence electrons. The van der Waals surface area contributed by atoms with Crippen LogP contribution in [0.3, 0.4) is 0 Å². The third-order valence-electron chi connectivity index (χ3n) is 3.21. The first-order valence-electron chi connectivity index (χ1n) is 7.03. The van der Waals surface area contributed by atoms with Gasteiger partial charge in [0.2, 0.25) is 0 Å². The summed E-state index contributed by atoms with van der Waals surface area (Å²) in [4.78, 5) is 38.5. The minimum atomic E-state index is -1.17. The molecule has 1 atom stereocenters. The lowest BCUT2D eigenvalue weighted by atomic mass is 9.97. The minimum absolute atomic E-state index is 0.105. The van der Waals surface area contributed by atoms with Crippen LogP contribution in [0.5, 0.6) is 0 Å². The van der Waals surface area contributed by atoms with E-state index in [9.17, 15) is 14.4 Å². The molecule has 0 aliphatic heterocycles. The average molecular weight is 303 g/mol. The predicted octanol–water partition coefficient (Wildman–Crippen LogP) is 2.19. The Morgan fingerprint density at radius 3 is 2.50 bits per heavy atom. The van der Waals surface area contributed by atoms with Gasteiger partial charge >= 0.3 is 11.9 Å². The summed E-state index contributed by atoms with van der Waals surface area (Å²) in [6.45, 7) is 3.68. The van der Waals surface area contributed by atoms with E-state index < -0.39 is 17.9 Å². The summed E-state index contributed by atoms with van der Waals surface area (Å²) in [5.74, 6) is -2.46. The van der Waals surface area contributed by atoms with Crippen LogP contribution in [0.25, 0.3) is 10.9 Å². The Morgan fingerprint density at radius 2 is 1.86 bits per heavy atom. The molecule has 0 aliphatic carbocycles. The Morgan fingerprint density at radius 1 is 1.18 bits per heavy atom. The van der Waals surface area contributed by atoms with E-state index in [-0.39, 0.29) is 18.9 Å². The molecule has 1 unspecified atom stereocenters. The number of aromatic nitrogens is 1. The fourth-order valence-electron chi connectivity index (χ4n) is 2.32. The number of ether oxygens (including phenoxy) is 2. The fourth-order valence-corrected chi connectivity index (χ4v) is 2.32. The van der Waals surface area contributed by atoms with Crippen molar-refractivity contribution in [3.8, 4) is 0 Å². The van der Waals surface area contributed by atoms with Gasteiger partial charge in [0, 0.05) is 16.5 Å². The van der Waals surface area contributed by atoms with E-state index in [1.807, 2.05) is 0 Å². The van der Waals surface area contributed by atoms with Crippen molar-refractivity contribution in [2.45, 2.75) is 19.8 Å². The maximum atomic E-state index is 12.1. The number of nitrogens with one attached hydrogen (secondary N) is 1. The van der Waals surface area contributed by atoms with Gasteiger partial charge in [-0.25, -0.2) is 4.79 Å². The van der Waals surface area contributed by atoms with Crippen LogP contribution in [0.4, 0.5) is 0 Å². The lowest BCUT2D eigenvalue weighted by Crippen LogP contribution is -2.20. The van der Waals surface area contributed by atoms with Crippen LogP contribution in [-0.4, -0.2) is 36.4 Å². The summed E-state index contributed by atoms with van der Waals surface area (Å²) in [5.41, 5.74) is 1.05. The van der Waals surface area contributed by atoms with Gasteiger partial charge in [0.1, 0.15) is 17.9 Å². The molecular formula is C16H17NO5. The highest BCUT2D eigenvalue weighted by atomic mass is 16.5. The molecule has 0 fully saturated rings. The topological polar surface area (TPSA) is 85.5 Å². The van der Waals surface area contributed by atoms with Crippen LogP contribution in [0.1, 0.15) is 35.8 Å². The van der Waals surface area contributed by atoms with E-state index in [4.69, 9.17) is 9.47 Å². The molecule has 1 aromatic carbocycles. The van der Waals surface area contributed by atoms with Crippen LogP contribution >= 0.6 is 0 Å². The van der Waals surface area contributed by atoms with Crippen molar-refractivity contribution >= 4 is 29.1 Å². The number of rotatable bonds is 6. The Hall–Kier alpha value is -2.63. The van der Waals surface area contributed by atoms with Gasteiger partial charge < -0.3 is 19.3 Å². The zero-order valence-corrected chi connectivity index (χ0v) is 12.4. The zero-order valence-electron chi connectivity index (χ0n) is 12.4. The van der Waals surface area contributed by atoms with Crippen molar-refractivity contribution < 1.29 is 23.9 Å². The molecule has 22 heavy (non-hydrogen) atoms. The molecule has 0 radical (unpaired) electrons. The normalized spacial score (nSPS) is 11.9. The number of fused-ring (bicyclic) bond motifs is 1. The number of carbonyl (C=O) groups excluding carboxylic acids is 3. The quantitative estimate of drug-likeness (QED) is 0.502. The first kappa shape index (κ1) is 15.8. The number of hydrogen-bond acceptors (Lipinski definition) is 5. The zero-order chi connectivity index (χ0) is 16.1. The van der Waals surface area contributed by atoms with E-state index in [0.29, 0.717) is 22.8 Å². The predicted molar refractivity (Wildman–Crippen MR) is 79.7 cm³/mol. The Labute approximate surface area is 127 Å². The van der Waals surface area contributed by atoms with Gasteiger partial charge in [0.15, 0.2) is 0 Å². The van der Waals surface area contributed by atoms with Gasteiger partial charge in [-0.1, -0.05) is 18.2 Å². The second kappa shape index (κ2) is 6.89. The molecule has 2 aromatic rings. The van der Waals surface area contributed by atoms with Crippen LogP contribution in [0.15, 0.2) is 24.3 Å². The number of benzene rings is 1. The highest BCUT2D eigenvalue weighted by Crippen LogP contribution is 2.30. The van der Waals surface area contributed by atoms with Gasteiger partial charge in [-0.3, -0.25) is 4.79 Å². The average Bonchev–Trinajstić information content (AvgIpc) is 2.88. The summed E-state index contributed by atoms with van der Waals surface area (Å²) >= 11 is 0. The Bertz CT molecular complexity index is 704. The van der Waals surface area contributed by atoms with E-state index in [1.165, 1.54) is 0 Å². The molecule has 6 nitrogen and oxygen atoms in total. The van der Waals surface area contributed by atoms with Gasteiger partial charge in [-0.2, -0.15) is 0 Å². The first-order chi connectivity index (χ1) is 10.6.